The topological polar surface area (TPSA) is 115 Å². The molecule has 1 fully saturated rings. The molecule has 1 heterocycles. The SMILES string of the molecule is CCOC[C@@H](Oc1cc(C[C@@H]2CS(=O)(=O)C[C@H]([NH2+]Cc3cccc(C(C)(C)C)c3)[C@H]2O)cc(F)c1N)C(F)(F)F. The molecular weight excluding hydrogens is 552 g/mol. The molecule has 0 amide bonds. The lowest BCUT2D eigenvalue weighted by Crippen LogP contribution is -2.93. The number of aliphatic hydroxyl groups excluding tert-OH is 1. The average Bonchev–Trinajstić information content (AvgIpc) is 2.84. The van der Waals surface area contributed by atoms with E-state index in [2.05, 4.69) is 26.8 Å². The van der Waals surface area contributed by atoms with Crippen LogP contribution in [0.1, 0.15) is 44.4 Å². The third-order valence-corrected chi connectivity index (χ3v) is 8.87. The zero-order chi connectivity index (χ0) is 29.9. The molecule has 0 radical (unpaired) electrons. The fourth-order valence-corrected chi connectivity index (χ4v) is 6.83. The Labute approximate surface area is 233 Å². The van der Waals surface area contributed by atoms with Gasteiger partial charge in [-0.3, -0.25) is 0 Å². The van der Waals surface area contributed by atoms with Crippen molar-refractivity contribution in [1.82, 2.24) is 0 Å². The van der Waals surface area contributed by atoms with E-state index in [9.17, 15) is 31.1 Å². The van der Waals surface area contributed by atoms with Crippen molar-refractivity contribution >= 4 is 15.5 Å². The summed E-state index contributed by atoms with van der Waals surface area (Å²) in [5.74, 6) is -2.89. The number of quaternary nitrogens is 1. The molecular formula is C28H39F4N2O5S+. The van der Waals surface area contributed by atoms with Gasteiger partial charge in [-0.05, 0) is 48.1 Å². The quantitative estimate of drug-likeness (QED) is 0.289. The lowest BCUT2D eigenvalue weighted by atomic mass is 9.86. The highest BCUT2D eigenvalue weighted by atomic mass is 32.2. The lowest BCUT2D eigenvalue weighted by molar-refractivity contribution is -0.708. The maximum Gasteiger partial charge on any atom is 0.427 e. The van der Waals surface area contributed by atoms with Gasteiger partial charge in [-0.15, -0.1) is 0 Å². The van der Waals surface area contributed by atoms with Crippen LogP contribution in [0.5, 0.6) is 5.75 Å². The highest BCUT2D eigenvalue weighted by Gasteiger charge is 2.43. The summed E-state index contributed by atoms with van der Waals surface area (Å²) in [5.41, 5.74) is 7.28. The van der Waals surface area contributed by atoms with Gasteiger partial charge < -0.3 is 25.6 Å². The van der Waals surface area contributed by atoms with Gasteiger partial charge in [0.05, 0.1) is 12.4 Å². The van der Waals surface area contributed by atoms with E-state index in [0.29, 0.717) is 6.54 Å². The van der Waals surface area contributed by atoms with Crippen molar-refractivity contribution in [3.05, 3.63) is 58.9 Å². The van der Waals surface area contributed by atoms with E-state index >= 15 is 0 Å². The van der Waals surface area contributed by atoms with Gasteiger partial charge in [0, 0.05) is 18.1 Å². The van der Waals surface area contributed by atoms with Gasteiger partial charge in [-0.2, -0.15) is 13.2 Å². The third-order valence-electron chi connectivity index (χ3n) is 7.04. The van der Waals surface area contributed by atoms with E-state index in [-0.39, 0.29) is 35.5 Å². The van der Waals surface area contributed by atoms with Gasteiger partial charge >= 0.3 is 6.18 Å². The fourth-order valence-electron chi connectivity index (χ4n) is 4.81. The van der Waals surface area contributed by atoms with E-state index in [1.165, 1.54) is 6.92 Å². The summed E-state index contributed by atoms with van der Waals surface area (Å²) in [6.45, 7) is 7.47. The highest BCUT2D eigenvalue weighted by Crippen LogP contribution is 2.33. The summed E-state index contributed by atoms with van der Waals surface area (Å²) in [5, 5.41) is 12.9. The molecule has 0 unspecified atom stereocenters. The number of nitrogen functional groups attached to an aromatic ring is 1. The summed E-state index contributed by atoms with van der Waals surface area (Å²) >= 11 is 0. The van der Waals surface area contributed by atoms with Crippen molar-refractivity contribution in [1.29, 1.82) is 0 Å². The Balaban J connectivity index is 1.79. The van der Waals surface area contributed by atoms with Gasteiger partial charge in [-0.1, -0.05) is 39.0 Å². The molecule has 1 saturated heterocycles. The number of benzene rings is 2. The van der Waals surface area contributed by atoms with Crippen molar-refractivity contribution in [3.8, 4) is 5.75 Å². The Morgan fingerprint density at radius 3 is 2.45 bits per heavy atom. The average molecular weight is 592 g/mol. The van der Waals surface area contributed by atoms with E-state index in [4.69, 9.17) is 15.2 Å². The normalized spacial score (nSPS) is 22.2. The Morgan fingerprint density at radius 1 is 1.12 bits per heavy atom. The molecule has 0 bridgehead atoms. The van der Waals surface area contributed by atoms with Crippen LogP contribution >= 0.6 is 0 Å². The Bertz CT molecular complexity index is 1260. The van der Waals surface area contributed by atoms with Crippen molar-refractivity contribution < 1.29 is 45.9 Å². The molecule has 7 nitrogen and oxygen atoms in total. The second-order valence-corrected chi connectivity index (χ2v) is 13.5. The van der Waals surface area contributed by atoms with Gasteiger partial charge in [0.1, 0.15) is 41.7 Å². The van der Waals surface area contributed by atoms with Gasteiger partial charge in [0.2, 0.25) is 6.10 Å². The van der Waals surface area contributed by atoms with Gasteiger partial charge in [0.15, 0.2) is 9.84 Å². The van der Waals surface area contributed by atoms with E-state index in [1.807, 2.05) is 18.2 Å². The molecule has 4 atom stereocenters. The van der Waals surface area contributed by atoms with Crippen LogP contribution in [0.4, 0.5) is 23.2 Å². The first-order valence-electron chi connectivity index (χ1n) is 13.2. The molecule has 0 saturated carbocycles. The monoisotopic (exact) mass is 591 g/mol. The standard InChI is InChI=1S/C28H38F4N2O5S/c1-5-38-14-24(28(30,31)32)39-23-12-18(11-21(29)25(23)33)9-19-15-40(36,37)16-22(26(19)35)34-13-17-7-6-8-20(10-17)27(2,3)4/h6-8,10-12,19,22,24,26,34-35H,5,9,13-16,33H2,1-4H3/p+1/t19-,22+,24-,26+/m1/s1. The summed E-state index contributed by atoms with van der Waals surface area (Å²) in [6.07, 6.45) is -8.32. The van der Waals surface area contributed by atoms with Crippen LogP contribution in [0.15, 0.2) is 36.4 Å². The predicted molar refractivity (Wildman–Crippen MR) is 144 cm³/mol. The first kappa shape index (κ1) is 32.1. The maximum absolute atomic E-state index is 14.6. The molecule has 12 heteroatoms. The highest BCUT2D eigenvalue weighted by molar-refractivity contribution is 7.91. The van der Waals surface area contributed by atoms with Crippen LogP contribution in [0, 0.1) is 11.7 Å². The first-order valence-corrected chi connectivity index (χ1v) is 15.0. The van der Waals surface area contributed by atoms with Gasteiger partial charge in [-0.25, -0.2) is 12.8 Å². The second-order valence-electron chi connectivity index (χ2n) is 11.4. The minimum atomic E-state index is -4.79. The summed E-state index contributed by atoms with van der Waals surface area (Å²) in [4.78, 5) is 0. The van der Waals surface area contributed by atoms with E-state index in [0.717, 1.165) is 23.3 Å². The molecule has 2 aromatic rings. The molecule has 1 aliphatic rings. The number of nitrogens with two attached hydrogens (primary N) is 2. The molecule has 0 aliphatic carbocycles. The van der Waals surface area contributed by atoms with Crippen molar-refractivity contribution in [2.75, 3.05) is 30.5 Å². The minimum Gasteiger partial charge on any atom is -0.476 e. The number of sulfone groups is 1. The van der Waals surface area contributed by atoms with Gasteiger partial charge in [0.25, 0.3) is 0 Å². The maximum atomic E-state index is 14.6. The second kappa shape index (κ2) is 12.6. The van der Waals surface area contributed by atoms with Crippen LogP contribution < -0.4 is 15.8 Å². The first-order chi connectivity index (χ1) is 18.5. The van der Waals surface area contributed by atoms with Crippen LogP contribution in [0.3, 0.4) is 0 Å². The lowest BCUT2D eigenvalue weighted by Gasteiger charge is -2.33. The number of alkyl halides is 3. The smallest absolute Gasteiger partial charge is 0.427 e. The number of hydrogen-bond donors (Lipinski definition) is 3. The van der Waals surface area contributed by atoms with Crippen LogP contribution in [0.25, 0.3) is 0 Å². The summed E-state index contributed by atoms with van der Waals surface area (Å²) < 4.78 is 90.4. The van der Waals surface area contributed by atoms with Crippen LogP contribution in [-0.4, -0.2) is 62.7 Å². The molecule has 224 valence electrons. The number of ether oxygens (including phenoxy) is 2. The van der Waals surface area contributed by atoms with Crippen LogP contribution in [-0.2, 0) is 33.0 Å². The summed E-state index contributed by atoms with van der Waals surface area (Å²) in [6, 6.07) is 9.47. The number of halogens is 4. The third kappa shape index (κ3) is 8.55. The number of hydrogen-bond acceptors (Lipinski definition) is 6. The molecule has 3 rings (SSSR count). The largest absolute Gasteiger partial charge is 0.476 e. The minimum absolute atomic E-state index is 0.0219. The summed E-state index contributed by atoms with van der Waals surface area (Å²) in [7, 11) is -3.55. The molecule has 0 aromatic heterocycles. The Hall–Kier alpha value is -2.41. The number of rotatable bonds is 10. The Morgan fingerprint density at radius 2 is 1.82 bits per heavy atom. The van der Waals surface area contributed by atoms with E-state index in [1.54, 1.807) is 5.32 Å². The van der Waals surface area contributed by atoms with Crippen LogP contribution in [0.2, 0.25) is 0 Å². The molecule has 2 aromatic carbocycles. The van der Waals surface area contributed by atoms with Crippen molar-refractivity contribution in [2.45, 2.75) is 70.5 Å². The molecule has 5 N–H and O–H groups in total. The molecule has 0 spiro atoms. The van der Waals surface area contributed by atoms with Crippen molar-refractivity contribution in [2.24, 2.45) is 5.92 Å². The number of aliphatic hydroxyl groups is 1. The molecule has 40 heavy (non-hydrogen) atoms. The zero-order valence-electron chi connectivity index (χ0n) is 23.2. The Kier molecular flexibility index (Phi) is 10.1. The van der Waals surface area contributed by atoms with E-state index < -0.39 is 64.0 Å². The van der Waals surface area contributed by atoms with Crippen molar-refractivity contribution in [3.63, 3.8) is 0 Å². The molecule has 1 aliphatic heterocycles. The fraction of sp³-hybridized carbons (Fsp3) is 0.571. The zero-order valence-corrected chi connectivity index (χ0v) is 24.0. The number of anilines is 1. The predicted octanol–water partition coefficient (Wildman–Crippen LogP) is 3.13.